The number of rotatable bonds is 5. The Kier molecular flexibility index (Phi) is 4.74. The van der Waals surface area contributed by atoms with Crippen molar-refractivity contribution in [1.29, 1.82) is 0 Å². The van der Waals surface area contributed by atoms with Crippen LogP contribution in [0.25, 0.3) is 0 Å². The minimum absolute atomic E-state index is 0.260. The maximum Gasteiger partial charge on any atom is 0.161 e. The topological polar surface area (TPSA) is 35.5 Å². The molecular weight excluding hydrogens is 268 g/mol. The molecule has 0 spiro atoms. The maximum absolute atomic E-state index is 10.5. The van der Waals surface area contributed by atoms with Crippen molar-refractivity contribution in [3.8, 4) is 0 Å². The second kappa shape index (κ2) is 5.60. The molecule has 0 fully saturated rings. The van der Waals surface area contributed by atoms with Crippen LogP contribution in [0, 0.1) is 0 Å². The van der Waals surface area contributed by atoms with Crippen LogP contribution in [0.5, 0.6) is 0 Å². The largest absolute Gasteiger partial charge is 0.356 e. The van der Waals surface area contributed by atoms with Gasteiger partial charge >= 0.3 is 0 Å². The first-order valence-electron chi connectivity index (χ1n) is 4.00. The van der Waals surface area contributed by atoms with Crippen LogP contribution in [0.2, 0.25) is 0 Å². The van der Waals surface area contributed by atoms with Gasteiger partial charge in [-0.1, -0.05) is 0 Å². The van der Waals surface area contributed by atoms with Crippen molar-refractivity contribution in [2.24, 2.45) is 0 Å². The minimum Gasteiger partial charge on any atom is -0.356 e. The summed E-state index contributed by atoms with van der Waals surface area (Å²) >= 11 is 4.83. The summed E-state index contributed by atoms with van der Waals surface area (Å²) in [5.41, 5.74) is 0. The minimum atomic E-state index is -0.260. The van der Waals surface area contributed by atoms with Crippen molar-refractivity contribution in [1.82, 2.24) is 0 Å². The number of ether oxygens (including phenoxy) is 2. The Bertz CT molecular complexity index is 307. The van der Waals surface area contributed by atoms with E-state index in [-0.39, 0.29) is 6.29 Å². The lowest BCUT2D eigenvalue weighted by molar-refractivity contribution is -0.0999. The van der Waals surface area contributed by atoms with Gasteiger partial charge in [-0.2, -0.15) is 0 Å². The van der Waals surface area contributed by atoms with Crippen LogP contribution in [0.1, 0.15) is 14.5 Å². The van der Waals surface area contributed by atoms with Crippen molar-refractivity contribution in [3.05, 3.63) is 20.3 Å². The van der Waals surface area contributed by atoms with Crippen LogP contribution >= 0.6 is 27.3 Å². The van der Waals surface area contributed by atoms with E-state index in [4.69, 9.17) is 9.47 Å². The summed E-state index contributed by atoms with van der Waals surface area (Å²) in [5.74, 6) is 0. The predicted molar refractivity (Wildman–Crippen MR) is 58.9 cm³/mol. The Labute approximate surface area is 95.2 Å². The number of halogens is 1. The number of carbonyl (C=O) groups excluding carboxylic acids is 1. The molecule has 0 saturated carbocycles. The fraction of sp³-hybridized carbons (Fsp3) is 0.444. The second-order valence-electron chi connectivity index (χ2n) is 2.64. The lowest BCUT2D eigenvalue weighted by Crippen LogP contribution is -2.15. The molecule has 1 heterocycles. The van der Waals surface area contributed by atoms with Gasteiger partial charge in [0.2, 0.25) is 0 Å². The van der Waals surface area contributed by atoms with E-state index in [1.54, 1.807) is 20.3 Å². The van der Waals surface area contributed by atoms with E-state index in [2.05, 4.69) is 15.9 Å². The summed E-state index contributed by atoms with van der Waals surface area (Å²) < 4.78 is 11.1. The molecule has 0 amide bonds. The molecule has 0 N–H and O–H groups in total. The van der Waals surface area contributed by atoms with Crippen molar-refractivity contribution in [2.45, 2.75) is 12.7 Å². The molecule has 3 nitrogen and oxygen atoms in total. The highest BCUT2D eigenvalue weighted by molar-refractivity contribution is 9.10. The van der Waals surface area contributed by atoms with Crippen LogP contribution in [0.15, 0.2) is 10.5 Å². The van der Waals surface area contributed by atoms with E-state index in [9.17, 15) is 4.79 Å². The van der Waals surface area contributed by atoms with Crippen LogP contribution in [-0.2, 0) is 15.9 Å². The Morgan fingerprint density at radius 3 is 2.64 bits per heavy atom. The number of aldehydes is 1. The van der Waals surface area contributed by atoms with Crippen LogP contribution in [-0.4, -0.2) is 26.8 Å². The van der Waals surface area contributed by atoms with Crippen molar-refractivity contribution in [3.63, 3.8) is 0 Å². The third-order valence-electron chi connectivity index (χ3n) is 1.77. The third-order valence-corrected chi connectivity index (χ3v) is 3.82. The first-order chi connectivity index (χ1) is 6.71. The lowest BCUT2D eigenvalue weighted by atomic mass is 10.3. The zero-order chi connectivity index (χ0) is 10.6. The fourth-order valence-corrected chi connectivity index (χ4v) is 2.73. The van der Waals surface area contributed by atoms with Crippen molar-refractivity contribution >= 4 is 33.6 Å². The van der Waals surface area contributed by atoms with Crippen molar-refractivity contribution < 1.29 is 14.3 Å². The average Bonchev–Trinajstić information content (AvgIpc) is 2.56. The summed E-state index contributed by atoms with van der Waals surface area (Å²) in [6, 6.07) is 1.80. The maximum atomic E-state index is 10.5. The quantitative estimate of drug-likeness (QED) is 0.613. The van der Waals surface area contributed by atoms with Gasteiger partial charge in [0, 0.05) is 30.0 Å². The van der Waals surface area contributed by atoms with Gasteiger partial charge in [-0.3, -0.25) is 4.79 Å². The third kappa shape index (κ3) is 2.88. The lowest BCUT2D eigenvalue weighted by Gasteiger charge is -2.11. The molecule has 14 heavy (non-hydrogen) atoms. The molecule has 5 heteroatoms. The van der Waals surface area contributed by atoms with E-state index in [0.717, 1.165) is 15.6 Å². The molecule has 0 aliphatic rings. The van der Waals surface area contributed by atoms with Gasteiger partial charge < -0.3 is 9.47 Å². The molecule has 0 aliphatic carbocycles. The monoisotopic (exact) mass is 278 g/mol. The van der Waals surface area contributed by atoms with E-state index in [1.807, 2.05) is 0 Å². The number of hydrogen-bond donors (Lipinski definition) is 0. The van der Waals surface area contributed by atoms with Gasteiger partial charge in [-0.25, -0.2) is 0 Å². The summed E-state index contributed by atoms with van der Waals surface area (Å²) in [4.78, 5) is 12.3. The summed E-state index contributed by atoms with van der Waals surface area (Å²) in [6.45, 7) is 0. The SMILES string of the molecule is COC(Cc1sc(C=O)cc1Br)OC. The standard InChI is InChI=1S/C9H11BrO3S/c1-12-9(13-2)4-8-7(10)3-6(5-11)14-8/h3,5,9H,4H2,1-2H3. The molecule has 0 bridgehead atoms. The smallest absolute Gasteiger partial charge is 0.161 e. The van der Waals surface area contributed by atoms with Gasteiger partial charge in [0.05, 0.1) is 4.88 Å². The van der Waals surface area contributed by atoms with Gasteiger partial charge in [0.1, 0.15) is 0 Å². The van der Waals surface area contributed by atoms with Gasteiger partial charge in [0.25, 0.3) is 0 Å². The highest BCUT2D eigenvalue weighted by Gasteiger charge is 2.12. The Morgan fingerprint density at radius 2 is 2.21 bits per heavy atom. The van der Waals surface area contributed by atoms with Crippen molar-refractivity contribution in [2.75, 3.05) is 14.2 Å². The van der Waals surface area contributed by atoms with Gasteiger partial charge in [0.15, 0.2) is 12.6 Å². The number of carbonyl (C=O) groups is 1. The zero-order valence-electron chi connectivity index (χ0n) is 7.95. The van der Waals surface area contributed by atoms with Gasteiger partial charge in [-0.15, -0.1) is 11.3 Å². The molecule has 0 aromatic carbocycles. The molecule has 1 rings (SSSR count). The molecule has 0 radical (unpaired) electrons. The highest BCUT2D eigenvalue weighted by atomic mass is 79.9. The van der Waals surface area contributed by atoms with Crippen LogP contribution in [0.4, 0.5) is 0 Å². The molecule has 1 aromatic heterocycles. The molecule has 0 atom stereocenters. The van der Waals surface area contributed by atoms with E-state index < -0.39 is 0 Å². The first-order valence-corrected chi connectivity index (χ1v) is 5.61. The van der Waals surface area contributed by atoms with E-state index in [1.165, 1.54) is 11.3 Å². The van der Waals surface area contributed by atoms with Gasteiger partial charge in [-0.05, 0) is 22.0 Å². The van der Waals surface area contributed by atoms with E-state index in [0.29, 0.717) is 11.3 Å². The summed E-state index contributed by atoms with van der Waals surface area (Å²) in [6.07, 6.45) is 1.23. The predicted octanol–water partition coefficient (Wildman–Crippen LogP) is 2.48. The number of methoxy groups -OCH3 is 2. The fourth-order valence-electron chi connectivity index (χ4n) is 1.04. The number of thiophene rings is 1. The Balaban J connectivity index is 2.74. The molecule has 1 aromatic rings. The summed E-state index contributed by atoms with van der Waals surface area (Å²) in [7, 11) is 3.19. The molecule has 0 unspecified atom stereocenters. The molecule has 0 aliphatic heterocycles. The average molecular weight is 279 g/mol. The Morgan fingerprint density at radius 1 is 1.57 bits per heavy atom. The number of hydrogen-bond acceptors (Lipinski definition) is 4. The molecule has 78 valence electrons. The van der Waals surface area contributed by atoms with Crippen LogP contribution in [0.3, 0.4) is 0 Å². The molecule has 0 saturated heterocycles. The first kappa shape index (κ1) is 11.8. The zero-order valence-corrected chi connectivity index (χ0v) is 10.4. The normalized spacial score (nSPS) is 10.9. The highest BCUT2D eigenvalue weighted by Crippen LogP contribution is 2.28. The Hall–Kier alpha value is -0.230. The van der Waals surface area contributed by atoms with E-state index >= 15 is 0 Å². The second-order valence-corrected chi connectivity index (χ2v) is 4.67. The summed E-state index contributed by atoms with van der Waals surface area (Å²) in [5, 5.41) is 0. The van der Waals surface area contributed by atoms with Crippen LogP contribution < -0.4 is 0 Å². The molecular formula is C9H11BrO3S.